The van der Waals surface area contributed by atoms with E-state index in [1.165, 1.54) is 6.92 Å². The minimum Gasteiger partial charge on any atom is -0.381 e. The molecule has 18 heavy (non-hydrogen) atoms. The highest BCUT2D eigenvalue weighted by Gasteiger charge is 2.02. The van der Waals surface area contributed by atoms with Crippen LogP contribution < -0.4 is 5.32 Å². The predicted octanol–water partition coefficient (Wildman–Crippen LogP) is 2.70. The first-order chi connectivity index (χ1) is 8.66. The zero-order chi connectivity index (χ0) is 14.2. The molecule has 4 nitrogen and oxygen atoms in total. The Morgan fingerprint density at radius 2 is 1.67 bits per heavy atom. The minimum atomic E-state index is -0.0521. The molecule has 108 valence electrons. The summed E-state index contributed by atoms with van der Waals surface area (Å²) < 4.78 is 5.35. The summed E-state index contributed by atoms with van der Waals surface area (Å²) in [5, 5.41) is 2.76. The molecule has 0 heterocycles. The lowest BCUT2D eigenvalue weighted by molar-refractivity contribution is -0.124. The van der Waals surface area contributed by atoms with Crippen LogP contribution >= 0.6 is 0 Å². The molecule has 0 rings (SSSR count). The van der Waals surface area contributed by atoms with Crippen LogP contribution in [0.2, 0.25) is 0 Å². The number of ketones is 1. The van der Waals surface area contributed by atoms with Gasteiger partial charge in [0.25, 0.3) is 0 Å². The number of ether oxygens (including phenoxy) is 1. The molecule has 1 N–H and O–H groups in total. The highest BCUT2D eigenvalue weighted by molar-refractivity contribution is 5.83. The van der Waals surface area contributed by atoms with Gasteiger partial charge >= 0.3 is 0 Å². The summed E-state index contributed by atoms with van der Waals surface area (Å²) in [7, 11) is 0. The third-order valence-electron chi connectivity index (χ3n) is 2.13. The monoisotopic (exact) mass is 259 g/mol. The highest BCUT2D eigenvalue weighted by atomic mass is 16.5. The number of hydrogen-bond donors (Lipinski definition) is 1. The second kappa shape index (κ2) is 16.1. The van der Waals surface area contributed by atoms with Crippen LogP contribution in [0.1, 0.15) is 59.8 Å². The molecule has 0 saturated carbocycles. The van der Waals surface area contributed by atoms with Gasteiger partial charge in [0.2, 0.25) is 5.91 Å². The first-order valence-corrected chi connectivity index (χ1v) is 7.00. The van der Waals surface area contributed by atoms with Gasteiger partial charge in [-0.05, 0) is 19.8 Å². The minimum absolute atomic E-state index is 0.0521. The standard InChI is InChI=1S/C12H23NO3.C2H6/c1-3-4-9-16-10-5-8-13-12(15)7-6-11(2)14;1-2/h3-10H2,1-2H3,(H,13,15);1-2H3. The molecular formula is C14H29NO3. The smallest absolute Gasteiger partial charge is 0.220 e. The van der Waals surface area contributed by atoms with Crippen LogP contribution in [0.25, 0.3) is 0 Å². The number of nitrogens with one attached hydrogen (secondary N) is 1. The fraction of sp³-hybridized carbons (Fsp3) is 0.857. The van der Waals surface area contributed by atoms with Gasteiger partial charge in [-0.1, -0.05) is 27.2 Å². The lowest BCUT2D eigenvalue weighted by atomic mass is 10.2. The summed E-state index contributed by atoms with van der Waals surface area (Å²) in [6.07, 6.45) is 3.69. The van der Waals surface area contributed by atoms with E-state index >= 15 is 0 Å². The number of hydrogen-bond acceptors (Lipinski definition) is 3. The van der Waals surface area contributed by atoms with Gasteiger partial charge in [-0.15, -0.1) is 0 Å². The van der Waals surface area contributed by atoms with Crippen molar-refractivity contribution in [1.29, 1.82) is 0 Å². The van der Waals surface area contributed by atoms with Crippen molar-refractivity contribution < 1.29 is 14.3 Å². The molecule has 0 atom stereocenters. The molecule has 0 bridgehead atoms. The first-order valence-electron chi connectivity index (χ1n) is 7.00. The molecule has 0 aromatic carbocycles. The number of carbonyl (C=O) groups is 2. The molecule has 0 radical (unpaired) electrons. The van der Waals surface area contributed by atoms with Crippen molar-refractivity contribution in [3.63, 3.8) is 0 Å². The van der Waals surface area contributed by atoms with E-state index in [9.17, 15) is 9.59 Å². The van der Waals surface area contributed by atoms with E-state index in [0.29, 0.717) is 26.0 Å². The summed E-state index contributed by atoms with van der Waals surface area (Å²) in [6.45, 7) is 9.73. The maximum absolute atomic E-state index is 11.2. The lowest BCUT2D eigenvalue weighted by Crippen LogP contribution is -2.25. The average Bonchev–Trinajstić information content (AvgIpc) is 2.37. The van der Waals surface area contributed by atoms with Gasteiger partial charge in [0.1, 0.15) is 5.78 Å². The SMILES string of the molecule is CC.CCCCOCCCNC(=O)CCC(C)=O. The molecule has 0 unspecified atom stereocenters. The number of rotatable bonds is 10. The largest absolute Gasteiger partial charge is 0.381 e. The molecule has 0 aliphatic carbocycles. The van der Waals surface area contributed by atoms with Crippen LogP contribution in [0, 0.1) is 0 Å². The first kappa shape index (κ1) is 19.4. The maximum Gasteiger partial charge on any atom is 0.220 e. The molecule has 0 spiro atoms. The zero-order valence-corrected chi connectivity index (χ0v) is 12.4. The topological polar surface area (TPSA) is 55.4 Å². The summed E-state index contributed by atoms with van der Waals surface area (Å²) in [5.74, 6) is 0.00167. The third kappa shape index (κ3) is 17.5. The van der Waals surface area contributed by atoms with Crippen LogP contribution in [0.5, 0.6) is 0 Å². The second-order valence-electron chi connectivity index (χ2n) is 3.87. The van der Waals surface area contributed by atoms with E-state index in [-0.39, 0.29) is 11.7 Å². The molecule has 0 aromatic rings. The van der Waals surface area contributed by atoms with Gasteiger partial charge in [0.05, 0.1) is 0 Å². The van der Waals surface area contributed by atoms with Crippen molar-refractivity contribution >= 4 is 11.7 Å². The lowest BCUT2D eigenvalue weighted by Gasteiger charge is -2.05. The Balaban J connectivity index is 0. The molecule has 0 saturated heterocycles. The summed E-state index contributed by atoms with van der Waals surface area (Å²) in [5.41, 5.74) is 0. The quantitative estimate of drug-likeness (QED) is 0.614. The summed E-state index contributed by atoms with van der Waals surface area (Å²) >= 11 is 0. The fourth-order valence-electron chi connectivity index (χ4n) is 1.13. The number of amides is 1. The average molecular weight is 259 g/mol. The van der Waals surface area contributed by atoms with E-state index in [0.717, 1.165) is 25.9 Å². The van der Waals surface area contributed by atoms with Crippen molar-refractivity contribution in [3.05, 3.63) is 0 Å². The van der Waals surface area contributed by atoms with E-state index in [1.54, 1.807) is 0 Å². The van der Waals surface area contributed by atoms with Crippen LogP contribution in [0.15, 0.2) is 0 Å². The molecule has 0 aromatic heterocycles. The second-order valence-corrected chi connectivity index (χ2v) is 3.87. The molecular weight excluding hydrogens is 230 g/mol. The molecule has 0 aliphatic rings. The van der Waals surface area contributed by atoms with Crippen molar-refractivity contribution in [2.45, 2.75) is 59.8 Å². The van der Waals surface area contributed by atoms with Crippen LogP contribution in [0.4, 0.5) is 0 Å². The molecule has 4 heteroatoms. The Labute approximate surface area is 111 Å². The highest BCUT2D eigenvalue weighted by Crippen LogP contribution is 1.91. The molecule has 0 aliphatic heterocycles. The molecule has 0 fully saturated rings. The van der Waals surface area contributed by atoms with Gasteiger partial charge in [-0.25, -0.2) is 0 Å². The normalized spacial score (nSPS) is 9.33. The summed E-state index contributed by atoms with van der Waals surface area (Å²) in [6, 6.07) is 0. The van der Waals surface area contributed by atoms with Crippen molar-refractivity contribution in [3.8, 4) is 0 Å². The van der Waals surface area contributed by atoms with Gasteiger partial charge in [-0.3, -0.25) is 4.79 Å². The number of carbonyl (C=O) groups excluding carboxylic acids is 2. The van der Waals surface area contributed by atoms with Gasteiger partial charge < -0.3 is 14.8 Å². The Kier molecular flexibility index (Phi) is 17.4. The maximum atomic E-state index is 11.2. The molecule has 1 amide bonds. The Morgan fingerprint density at radius 3 is 2.22 bits per heavy atom. The summed E-state index contributed by atoms with van der Waals surface area (Å²) in [4.78, 5) is 21.8. The van der Waals surface area contributed by atoms with E-state index < -0.39 is 0 Å². The van der Waals surface area contributed by atoms with Crippen LogP contribution in [-0.2, 0) is 14.3 Å². The van der Waals surface area contributed by atoms with Crippen molar-refractivity contribution in [2.75, 3.05) is 19.8 Å². The van der Waals surface area contributed by atoms with E-state index in [4.69, 9.17) is 4.74 Å². The number of Topliss-reactive ketones (excluding diaryl/α,β-unsaturated/α-hetero) is 1. The van der Waals surface area contributed by atoms with Crippen molar-refractivity contribution in [1.82, 2.24) is 5.32 Å². The Morgan fingerprint density at radius 1 is 1.06 bits per heavy atom. The Bertz CT molecular complexity index is 205. The van der Waals surface area contributed by atoms with E-state index in [1.807, 2.05) is 13.8 Å². The van der Waals surface area contributed by atoms with Gasteiger partial charge in [-0.2, -0.15) is 0 Å². The zero-order valence-electron chi connectivity index (χ0n) is 12.4. The van der Waals surface area contributed by atoms with Gasteiger partial charge in [0, 0.05) is 32.6 Å². The third-order valence-corrected chi connectivity index (χ3v) is 2.13. The van der Waals surface area contributed by atoms with E-state index in [2.05, 4.69) is 12.2 Å². The Hall–Kier alpha value is -0.900. The van der Waals surface area contributed by atoms with Crippen LogP contribution in [0.3, 0.4) is 0 Å². The van der Waals surface area contributed by atoms with Gasteiger partial charge in [0.15, 0.2) is 0 Å². The predicted molar refractivity (Wildman–Crippen MR) is 74.6 cm³/mol. The fourth-order valence-corrected chi connectivity index (χ4v) is 1.13. The number of unbranched alkanes of at least 4 members (excludes halogenated alkanes) is 1. The van der Waals surface area contributed by atoms with Crippen LogP contribution in [-0.4, -0.2) is 31.4 Å². The van der Waals surface area contributed by atoms with Crippen molar-refractivity contribution in [2.24, 2.45) is 0 Å².